The second-order valence-corrected chi connectivity index (χ2v) is 18.8. The minimum Gasteiger partial charge on any atom is -0.497 e. The number of fused-ring (bicyclic) bond motifs is 3. The Morgan fingerprint density at radius 2 is 1.67 bits per heavy atom. The van der Waals surface area contributed by atoms with E-state index in [2.05, 4.69) is 5.32 Å². The zero-order chi connectivity index (χ0) is 38.4. The average Bonchev–Trinajstić information content (AvgIpc) is 3.59. The van der Waals surface area contributed by atoms with Crippen LogP contribution in [-0.4, -0.2) is 69.1 Å². The van der Waals surface area contributed by atoms with Crippen molar-refractivity contribution >= 4 is 37.5 Å². The molecule has 12 heteroatoms. The lowest BCUT2D eigenvalue weighted by molar-refractivity contribution is -0.151. The number of ether oxygens (including phenoxy) is 3. The minimum absolute atomic E-state index is 0.127. The number of carbonyl (C=O) groups excluding carboxylic acids is 3. The Kier molecular flexibility index (Phi) is 10.1. The molecule has 0 radical (unpaired) electrons. The molecule has 1 spiro atoms. The second kappa shape index (κ2) is 14.7. The fourth-order valence-corrected chi connectivity index (χ4v) is 11.2. The monoisotopic (exact) mass is 751 g/mol. The molecule has 0 unspecified atom stereocenters. The zero-order valence-electron chi connectivity index (χ0n) is 31.2. The zero-order valence-corrected chi connectivity index (χ0v) is 32.2. The SMILES string of the molecule is COc1ccc(C(=O)Nc2cccc(CN3C(=O)[C@@]4(O[C@@H](CC(=O)N5Cc6ccccc6C[C@H]5CO)[C@H]([Si](C)(C)F)[C@H]4C)c4cc(OC)ccc43)c2)cc1. The van der Waals surface area contributed by atoms with Crippen molar-refractivity contribution in [2.45, 2.75) is 69.2 Å². The van der Waals surface area contributed by atoms with Crippen LogP contribution in [0, 0.1) is 5.92 Å². The van der Waals surface area contributed by atoms with Gasteiger partial charge in [-0.1, -0.05) is 43.3 Å². The van der Waals surface area contributed by atoms with Gasteiger partial charge in [0.1, 0.15) is 11.5 Å². The number of nitrogens with one attached hydrogen (secondary N) is 1. The van der Waals surface area contributed by atoms with Gasteiger partial charge < -0.3 is 38.5 Å². The van der Waals surface area contributed by atoms with Gasteiger partial charge in [-0.2, -0.15) is 0 Å². The van der Waals surface area contributed by atoms with E-state index < -0.39 is 37.6 Å². The molecule has 4 aromatic carbocycles. The summed E-state index contributed by atoms with van der Waals surface area (Å²) >= 11 is 0. The van der Waals surface area contributed by atoms with Crippen molar-refractivity contribution in [3.63, 3.8) is 0 Å². The molecule has 3 aliphatic rings. The van der Waals surface area contributed by atoms with Crippen LogP contribution < -0.4 is 19.7 Å². The third kappa shape index (κ3) is 6.67. The van der Waals surface area contributed by atoms with Crippen LogP contribution in [0.2, 0.25) is 18.6 Å². The summed E-state index contributed by atoms with van der Waals surface area (Å²) < 4.78 is 34.3. The average molecular weight is 752 g/mol. The van der Waals surface area contributed by atoms with E-state index in [4.69, 9.17) is 14.2 Å². The fourth-order valence-electron chi connectivity index (χ4n) is 8.72. The maximum Gasteiger partial charge on any atom is 0.264 e. The molecule has 3 heterocycles. The number of methoxy groups -OCH3 is 2. The summed E-state index contributed by atoms with van der Waals surface area (Å²) in [7, 11) is -0.455. The van der Waals surface area contributed by atoms with Gasteiger partial charge in [-0.3, -0.25) is 14.4 Å². The van der Waals surface area contributed by atoms with E-state index in [9.17, 15) is 19.5 Å². The lowest BCUT2D eigenvalue weighted by atomic mass is 9.82. The molecule has 5 atom stereocenters. The van der Waals surface area contributed by atoms with E-state index in [0.29, 0.717) is 47.0 Å². The maximum atomic E-state index is 16.6. The van der Waals surface area contributed by atoms with Crippen molar-refractivity contribution in [3.05, 3.63) is 119 Å². The van der Waals surface area contributed by atoms with Gasteiger partial charge in [0, 0.05) is 34.8 Å². The van der Waals surface area contributed by atoms with Crippen LogP contribution in [0.1, 0.15) is 46.0 Å². The van der Waals surface area contributed by atoms with E-state index in [1.54, 1.807) is 79.6 Å². The van der Waals surface area contributed by atoms with Crippen LogP contribution in [0.3, 0.4) is 0 Å². The summed E-state index contributed by atoms with van der Waals surface area (Å²) in [5, 5.41) is 13.2. The number of anilines is 2. The molecular formula is C42H46FN3O7Si. The first kappa shape index (κ1) is 37.3. The van der Waals surface area contributed by atoms with Crippen molar-refractivity contribution in [1.29, 1.82) is 0 Å². The number of aliphatic hydroxyl groups excluding tert-OH is 1. The molecule has 1 fully saturated rings. The quantitative estimate of drug-likeness (QED) is 0.138. The standard InChI is InChI=1S/C42H46FN3O7Si/c1-26-39(54(4,5)43)37(22-38(48)45-24-30-11-7-6-10-29(30)20-32(45)25-47)53-42(26)35-21-34(52-3)17-18-36(35)46(41(42)50)23-27-9-8-12-31(19-27)44-40(49)28-13-15-33(51-2)16-14-28/h6-19,21,26,32,37,39,47H,20,22-25H2,1-5H3,(H,44,49)/t26-,32+,37+,39-,42+/m1/s1. The maximum absolute atomic E-state index is 16.6. The Morgan fingerprint density at radius 3 is 2.35 bits per heavy atom. The van der Waals surface area contributed by atoms with Gasteiger partial charge in [-0.05, 0) is 90.8 Å². The third-order valence-electron chi connectivity index (χ3n) is 11.3. The molecule has 1 saturated heterocycles. The largest absolute Gasteiger partial charge is 0.497 e. The van der Waals surface area contributed by atoms with Crippen molar-refractivity contribution in [1.82, 2.24) is 4.90 Å². The van der Waals surface area contributed by atoms with Crippen molar-refractivity contribution in [3.8, 4) is 11.5 Å². The second-order valence-electron chi connectivity index (χ2n) is 15.0. The van der Waals surface area contributed by atoms with Gasteiger partial charge in [0.25, 0.3) is 11.8 Å². The Bertz CT molecular complexity index is 2070. The van der Waals surface area contributed by atoms with Crippen LogP contribution in [-0.2, 0) is 39.4 Å². The van der Waals surface area contributed by atoms with E-state index in [1.807, 2.05) is 55.5 Å². The highest BCUT2D eigenvalue weighted by atomic mass is 28.4. The molecule has 3 amide bonds. The predicted molar refractivity (Wildman–Crippen MR) is 206 cm³/mol. The Labute approximate surface area is 316 Å². The van der Waals surface area contributed by atoms with Gasteiger partial charge in [-0.25, -0.2) is 0 Å². The van der Waals surface area contributed by atoms with Crippen molar-refractivity contribution < 1.29 is 37.8 Å². The predicted octanol–water partition coefficient (Wildman–Crippen LogP) is 6.61. The number of benzene rings is 4. The van der Waals surface area contributed by atoms with Crippen LogP contribution in [0.5, 0.6) is 11.5 Å². The molecular weight excluding hydrogens is 706 g/mol. The number of hydrogen-bond donors (Lipinski definition) is 2. The number of rotatable bonds is 10. The molecule has 2 N–H and O–H groups in total. The van der Waals surface area contributed by atoms with E-state index >= 15 is 4.11 Å². The van der Waals surface area contributed by atoms with E-state index in [-0.39, 0.29) is 37.3 Å². The number of carbonyl (C=O) groups is 3. The van der Waals surface area contributed by atoms with Gasteiger partial charge in [-0.15, -0.1) is 0 Å². The van der Waals surface area contributed by atoms with Crippen LogP contribution in [0.4, 0.5) is 15.5 Å². The highest BCUT2D eigenvalue weighted by molar-refractivity contribution is 6.72. The lowest BCUT2D eigenvalue weighted by Gasteiger charge is -2.37. The number of aliphatic hydroxyl groups is 1. The first-order valence-electron chi connectivity index (χ1n) is 18.3. The Hall–Kier alpha value is -5.04. The molecule has 3 aliphatic heterocycles. The summed E-state index contributed by atoms with van der Waals surface area (Å²) in [6, 6.07) is 26.9. The van der Waals surface area contributed by atoms with Gasteiger partial charge in [0.15, 0.2) is 5.60 Å². The lowest BCUT2D eigenvalue weighted by Crippen LogP contribution is -2.48. The first-order valence-corrected chi connectivity index (χ1v) is 21.2. The minimum atomic E-state index is -3.56. The molecule has 0 aromatic heterocycles. The van der Waals surface area contributed by atoms with E-state index in [0.717, 1.165) is 16.7 Å². The fraction of sp³-hybridized carbons (Fsp3) is 0.357. The Morgan fingerprint density at radius 1 is 0.963 bits per heavy atom. The molecule has 0 bridgehead atoms. The summed E-state index contributed by atoms with van der Waals surface area (Å²) in [4.78, 5) is 45.5. The molecule has 54 heavy (non-hydrogen) atoms. The number of nitrogens with zero attached hydrogens (tertiary/aromatic N) is 2. The van der Waals surface area contributed by atoms with Gasteiger partial charge in [0.2, 0.25) is 14.3 Å². The summed E-state index contributed by atoms with van der Waals surface area (Å²) in [5.74, 6) is -0.332. The molecule has 0 saturated carbocycles. The van der Waals surface area contributed by atoms with Crippen molar-refractivity contribution in [2.24, 2.45) is 5.92 Å². The number of amides is 3. The van der Waals surface area contributed by atoms with Gasteiger partial charge >= 0.3 is 0 Å². The molecule has 10 nitrogen and oxygen atoms in total. The summed E-state index contributed by atoms with van der Waals surface area (Å²) in [6.07, 6.45) is -0.488. The summed E-state index contributed by atoms with van der Waals surface area (Å²) in [5.41, 5.74) is 2.80. The van der Waals surface area contributed by atoms with Crippen LogP contribution in [0.25, 0.3) is 0 Å². The molecule has 0 aliphatic carbocycles. The molecule has 7 rings (SSSR count). The smallest absolute Gasteiger partial charge is 0.264 e. The number of hydrogen-bond acceptors (Lipinski definition) is 7. The third-order valence-corrected chi connectivity index (χ3v) is 13.8. The summed E-state index contributed by atoms with van der Waals surface area (Å²) in [6.45, 7) is 5.36. The normalized spacial score (nSPS) is 23.3. The van der Waals surface area contributed by atoms with Gasteiger partial charge in [0.05, 0.1) is 51.6 Å². The van der Waals surface area contributed by atoms with E-state index in [1.165, 1.54) is 0 Å². The Balaban J connectivity index is 1.18. The topological polar surface area (TPSA) is 118 Å². The highest BCUT2D eigenvalue weighted by Gasteiger charge is 2.67. The van der Waals surface area contributed by atoms with Crippen LogP contribution in [0.15, 0.2) is 91.0 Å². The van der Waals surface area contributed by atoms with Crippen LogP contribution >= 0.6 is 0 Å². The van der Waals surface area contributed by atoms with Crippen molar-refractivity contribution in [2.75, 3.05) is 31.0 Å². The highest BCUT2D eigenvalue weighted by Crippen LogP contribution is 2.61. The number of halogens is 1. The molecule has 4 aromatic rings. The molecule has 282 valence electrons. The first-order chi connectivity index (χ1) is 25.9.